The molecular weight excluding hydrogens is 262 g/mol. The molecule has 1 rings (SSSR count). The highest BCUT2D eigenvalue weighted by Gasteiger charge is 2.16. The van der Waals surface area contributed by atoms with Crippen LogP contribution >= 0.6 is 11.8 Å². The average molecular weight is 283 g/mol. The van der Waals surface area contributed by atoms with Gasteiger partial charge in [0.1, 0.15) is 11.6 Å². The maximum atomic E-state index is 11.8. The largest absolute Gasteiger partial charge is 0.383 e. The van der Waals surface area contributed by atoms with Gasteiger partial charge in [0.2, 0.25) is 5.91 Å². The Morgan fingerprint density at radius 2 is 1.89 bits per heavy atom. The number of hydrogen-bond acceptors (Lipinski definition) is 6. The molecule has 0 aliphatic heterocycles. The fourth-order valence-corrected chi connectivity index (χ4v) is 2.18. The van der Waals surface area contributed by atoms with Crippen molar-refractivity contribution in [2.24, 2.45) is 5.92 Å². The second-order valence-corrected chi connectivity index (χ2v) is 6.04. The molecule has 1 unspecified atom stereocenters. The first kappa shape index (κ1) is 15.6. The van der Waals surface area contributed by atoms with Crippen molar-refractivity contribution in [2.75, 3.05) is 18.0 Å². The molecule has 0 aliphatic carbocycles. The van der Waals surface area contributed by atoms with Crippen LogP contribution in [0.1, 0.15) is 27.2 Å². The standard InChI is InChI=1S/C12H21N5OS/c1-7(2)4-5-15-11(18)8(3)19-12-16-9(13)6-10(14)17-12/h6-8H,4-5H2,1-3H3,(H,15,18)(H4,13,14,16,17). The van der Waals surface area contributed by atoms with E-state index >= 15 is 0 Å². The Morgan fingerprint density at radius 1 is 1.32 bits per heavy atom. The highest BCUT2D eigenvalue weighted by atomic mass is 32.2. The van der Waals surface area contributed by atoms with Crippen LogP contribution in [0.4, 0.5) is 11.6 Å². The van der Waals surface area contributed by atoms with E-state index in [1.165, 1.54) is 17.8 Å². The lowest BCUT2D eigenvalue weighted by Crippen LogP contribution is -2.32. The van der Waals surface area contributed by atoms with Crippen LogP contribution in [0.5, 0.6) is 0 Å². The van der Waals surface area contributed by atoms with Gasteiger partial charge < -0.3 is 16.8 Å². The number of anilines is 2. The molecule has 1 aromatic rings. The van der Waals surface area contributed by atoms with E-state index in [4.69, 9.17) is 11.5 Å². The van der Waals surface area contributed by atoms with E-state index in [2.05, 4.69) is 29.1 Å². The zero-order chi connectivity index (χ0) is 14.4. The summed E-state index contributed by atoms with van der Waals surface area (Å²) >= 11 is 1.24. The van der Waals surface area contributed by atoms with Crippen molar-refractivity contribution in [2.45, 2.75) is 37.6 Å². The van der Waals surface area contributed by atoms with Crippen molar-refractivity contribution in [3.63, 3.8) is 0 Å². The number of nitrogens with two attached hydrogens (primary N) is 2. The van der Waals surface area contributed by atoms with Gasteiger partial charge in [0.25, 0.3) is 0 Å². The zero-order valence-corrected chi connectivity index (χ0v) is 12.3. The number of carbonyl (C=O) groups excluding carboxylic acids is 1. The molecule has 0 saturated heterocycles. The van der Waals surface area contributed by atoms with Gasteiger partial charge in [0.05, 0.1) is 5.25 Å². The Bertz CT molecular complexity index is 418. The molecule has 6 nitrogen and oxygen atoms in total. The van der Waals surface area contributed by atoms with E-state index in [-0.39, 0.29) is 11.2 Å². The fraction of sp³-hybridized carbons (Fsp3) is 0.583. The summed E-state index contributed by atoms with van der Waals surface area (Å²) in [6.45, 7) is 6.72. The molecular formula is C12H21N5OS. The van der Waals surface area contributed by atoms with Crippen molar-refractivity contribution >= 4 is 29.3 Å². The maximum Gasteiger partial charge on any atom is 0.233 e. The zero-order valence-electron chi connectivity index (χ0n) is 11.5. The molecule has 7 heteroatoms. The van der Waals surface area contributed by atoms with Gasteiger partial charge in [-0.25, -0.2) is 9.97 Å². The van der Waals surface area contributed by atoms with Crippen LogP contribution in [0.3, 0.4) is 0 Å². The number of nitrogens with one attached hydrogen (secondary N) is 1. The third kappa shape index (κ3) is 5.78. The monoisotopic (exact) mass is 283 g/mol. The molecule has 0 aliphatic rings. The number of aromatic nitrogens is 2. The molecule has 0 spiro atoms. The molecule has 1 atom stereocenters. The van der Waals surface area contributed by atoms with E-state index in [1.807, 2.05) is 0 Å². The van der Waals surface area contributed by atoms with Crippen LogP contribution in [0.25, 0.3) is 0 Å². The summed E-state index contributed by atoms with van der Waals surface area (Å²) in [5.74, 6) is 1.15. The van der Waals surface area contributed by atoms with E-state index in [1.54, 1.807) is 6.92 Å². The summed E-state index contributed by atoms with van der Waals surface area (Å²) < 4.78 is 0. The van der Waals surface area contributed by atoms with Crippen molar-refractivity contribution in [1.82, 2.24) is 15.3 Å². The number of nitrogens with zero attached hydrogens (tertiary/aromatic N) is 2. The van der Waals surface area contributed by atoms with Crippen LogP contribution in [0.15, 0.2) is 11.2 Å². The Balaban J connectivity index is 2.49. The number of nitrogen functional groups attached to an aromatic ring is 2. The normalized spacial score (nSPS) is 12.4. The molecule has 106 valence electrons. The molecule has 19 heavy (non-hydrogen) atoms. The molecule has 0 fully saturated rings. The summed E-state index contributed by atoms with van der Waals surface area (Å²) in [4.78, 5) is 19.9. The second-order valence-electron chi connectivity index (χ2n) is 4.73. The highest BCUT2D eigenvalue weighted by Crippen LogP contribution is 2.21. The number of carbonyl (C=O) groups is 1. The predicted octanol–water partition coefficient (Wildman–Crippen LogP) is 1.28. The minimum Gasteiger partial charge on any atom is -0.383 e. The number of thioether (sulfide) groups is 1. The first-order valence-corrected chi connectivity index (χ1v) is 7.11. The van der Waals surface area contributed by atoms with Crippen LogP contribution in [0.2, 0.25) is 0 Å². The smallest absolute Gasteiger partial charge is 0.233 e. The van der Waals surface area contributed by atoms with Gasteiger partial charge >= 0.3 is 0 Å². The summed E-state index contributed by atoms with van der Waals surface area (Å²) in [6, 6.07) is 1.48. The van der Waals surface area contributed by atoms with E-state index in [9.17, 15) is 4.79 Å². The van der Waals surface area contributed by atoms with Gasteiger partial charge in [0, 0.05) is 12.6 Å². The van der Waals surface area contributed by atoms with E-state index in [0.717, 1.165) is 6.42 Å². The van der Waals surface area contributed by atoms with Crippen LogP contribution in [0, 0.1) is 5.92 Å². The van der Waals surface area contributed by atoms with Gasteiger partial charge in [-0.2, -0.15) is 0 Å². The summed E-state index contributed by atoms with van der Waals surface area (Å²) in [6.07, 6.45) is 0.963. The summed E-state index contributed by atoms with van der Waals surface area (Å²) in [7, 11) is 0. The highest BCUT2D eigenvalue weighted by molar-refractivity contribution is 8.00. The minimum absolute atomic E-state index is 0.0322. The lowest BCUT2D eigenvalue weighted by molar-refractivity contribution is -0.120. The van der Waals surface area contributed by atoms with Gasteiger partial charge in [-0.15, -0.1) is 0 Å². The topological polar surface area (TPSA) is 107 Å². The van der Waals surface area contributed by atoms with Crippen molar-refractivity contribution in [3.05, 3.63) is 6.07 Å². The quantitative estimate of drug-likeness (QED) is 0.536. The Morgan fingerprint density at radius 3 is 2.42 bits per heavy atom. The molecule has 5 N–H and O–H groups in total. The lowest BCUT2D eigenvalue weighted by atomic mass is 10.1. The maximum absolute atomic E-state index is 11.8. The minimum atomic E-state index is -0.284. The average Bonchev–Trinajstić information content (AvgIpc) is 2.26. The predicted molar refractivity (Wildman–Crippen MR) is 78.6 cm³/mol. The molecule has 0 saturated carbocycles. The van der Waals surface area contributed by atoms with Gasteiger partial charge in [-0.1, -0.05) is 25.6 Å². The van der Waals surface area contributed by atoms with Crippen LogP contribution in [-0.2, 0) is 4.79 Å². The molecule has 0 radical (unpaired) electrons. The molecule has 1 aromatic heterocycles. The SMILES string of the molecule is CC(C)CCNC(=O)C(C)Sc1nc(N)cc(N)n1. The van der Waals surface area contributed by atoms with E-state index in [0.29, 0.717) is 29.3 Å². The molecule has 1 heterocycles. The van der Waals surface area contributed by atoms with Crippen molar-refractivity contribution < 1.29 is 4.79 Å². The third-order valence-electron chi connectivity index (χ3n) is 2.42. The Hall–Kier alpha value is -1.50. The van der Waals surface area contributed by atoms with Gasteiger partial charge in [0.15, 0.2) is 5.16 Å². The third-order valence-corrected chi connectivity index (χ3v) is 3.38. The lowest BCUT2D eigenvalue weighted by Gasteiger charge is -2.12. The van der Waals surface area contributed by atoms with Crippen LogP contribution < -0.4 is 16.8 Å². The first-order chi connectivity index (χ1) is 8.88. The molecule has 1 amide bonds. The molecule has 0 aromatic carbocycles. The number of amides is 1. The number of hydrogen-bond donors (Lipinski definition) is 3. The van der Waals surface area contributed by atoms with Crippen molar-refractivity contribution in [3.8, 4) is 0 Å². The summed E-state index contributed by atoms with van der Waals surface area (Å²) in [5.41, 5.74) is 11.2. The van der Waals surface area contributed by atoms with E-state index < -0.39 is 0 Å². The van der Waals surface area contributed by atoms with Gasteiger partial charge in [-0.3, -0.25) is 4.79 Å². The Kier molecular flexibility index (Phi) is 5.88. The summed E-state index contributed by atoms with van der Waals surface area (Å²) in [5, 5.41) is 3.02. The Labute approximate surface area is 117 Å². The van der Waals surface area contributed by atoms with Gasteiger partial charge in [-0.05, 0) is 19.3 Å². The van der Waals surface area contributed by atoms with Crippen LogP contribution in [-0.4, -0.2) is 27.7 Å². The second kappa shape index (κ2) is 7.18. The number of rotatable bonds is 6. The molecule has 0 bridgehead atoms. The first-order valence-electron chi connectivity index (χ1n) is 6.23. The fourth-order valence-electron chi connectivity index (χ4n) is 1.35. The van der Waals surface area contributed by atoms with Crippen molar-refractivity contribution in [1.29, 1.82) is 0 Å².